The van der Waals surface area contributed by atoms with Crippen LogP contribution >= 0.6 is 12.4 Å². The van der Waals surface area contributed by atoms with E-state index in [0.29, 0.717) is 48.6 Å². The van der Waals surface area contributed by atoms with Gasteiger partial charge in [0, 0.05) is 30.6 Å². The van der Waals surface area contributed by atoms with Crippen LogP contribution in [0.2, 0.25) is 0 Å². The van der Waals surface area contributed by atoms with E-state index in [2.05, 4.69) is 10.2 Å². The molecule has 3 rings (SSSR count). The van der Waals surface area contributed by atoms with Gasteiger partial charge in [-0.25, -0.2) is 0 Å². The summed E-state index contributed by atoms with van der Waals surface area (Å²) in [5.74, 6) is 1.37. The molecule has 2 fully saturated rings. The van der Waals surface area contributed by atoms with Crippen molar-refractivity contribution < 1.29 is 19.1 Å². The second kappa shape index (κ2) is 9.95. The molecule has 2 aliphatic rings. The number of Topliss-reactive ketones (excluding diaryl/α,β-unsaturated/α-hetero) is 1. The van der Waals surface area contributed by atoms with E-state index in [1.165, 1.54) is 6.92 Å². The third-order valence-electron chi connectivity index (χ3n) is 5.30. The Balaban J connectivity index is 0.00000261. The van der Waals surface area contributed by atoms with Crippen molar-refractivity contribution in [3.05, 3.63) is 23.8 Å². The van der Waals surface area contributed by atoms with Crippen LogP contribution in [-0.4, -0.2) is 55.5 Å². The smallest absolute Gasteiger partial charge is 0.223 e. The number of ketones is 1. The number of nitrogens with one attached hydrogen (secondary N) is 1. The highest BCUT2D eigenvalue weighted by molar-refractivity contribution is 5.94. The van der Waals surface area contributed by atoms with Gasteiger partial charge in [0.1, 0.15) is 0 Å². The number of halogens is 1. The molecule has 2 bridgehead atoms. The van der Waals surface area contributed by atoms with Crippen LogP contribution in [0.15, 0.2) is 18.2 Å². The molecule has 150 valence electrons. The Hall–Kier alpha value is -1.79. The quantitative estimate of drug-likeness (QED) is 0.567. The number of carbonyl (C=O) groups excluding carboxylic acids is 2. The van der Waals surface area contributed by atoms with Crippen molar-refractivity contribution >= 4 is 24.1 Å². The lowest BCUT2D eigenvalue weighted by Gasteiger charge is -2.28. The highest BCUT2D eigenvalue weighted by Gasteiger charge is 2.37. The molecule has 6 nitrogen and oxygen atoms in total. The molecule has 1 amide bonds. The number of hydrogen-bond donors (Lipinski definition) is 1. The summed E-state index contributed by atoms with van der Waals surface area (Å²) in [5.41, 5.74) is 0.592. The Kier molecular flexibility index (Phi) is 7.92. The van der Waals surface area contributed by atoms with Crippen LogP contribution in [0.1, 0.15) is 49.4 Å². The lowest BCUT2D eigenvalue weighted by molar-refractivity contribution is -0.134. The summed E-state index contributed by atoms with van der Waals surface area (Å²) in [6.45, 7) is 3.89. The molecule has 0 aromatic heterocycles. The van der Waals surface area contributed by atoms with Crippen molar-refractivity contribution in [2.75, 3.05) is 26.8 Å². The van der Waals surface area contributed by atoms with Gasteiger partial charge in [-0.2, -0.15) is 0 Å². The number of methoxy groups -OCH3 is 1. The zero-order valence-electron chi connectivity index (χ0n) is 16.0. The minimum Gasteiger partial charge on any atom is -0.493 e. The van der Waals surface area contributed by atoms with Gasteiger partial charge in [0.2, 0.25) is 5.91 Å². The SMILES string of the molecule is COc1cc(C(C)=O)ccc1OCCCC(=O)N1C2CCNCC1CC2.Cl. The molecule has 0 spiro atoms. The van der Waals surface area contributed by atoms with Gasteiger partial charge in [0.15, 0.2) is 17.3 Å². The lowest BCUT2D eigenvalue weighted by Crippen LogP contribution is -2.42. The van der Waals surface area contributed by atoms with Crippen molar-refractivity contribution in [2.24, 2.45) is 0 Å². The highest BCUT2D eigenvalue weighted by atomic mass is 35.5. The van der Waals surface area contributed by atoms with Crippen LogP contribution in [0.5, 0.6) is 11.5 Å². The number of nitrogens with zero attached hydrogens (tertiary/aromatic N) is 1. The van der Waals surface area contributed by atoms with Crippen LogP contribution in [0, 0.1) is 0 Å². The number of hydrogen-bond acceptors (Lipinski definition) is 5. The first kappa shape index (κ1) is 21.5. The van der Waals surface area contributed by atoms with Gasteiger partial charge in [0.05, 0.1) is 13.7 Å². The van der Waals surface area contributed by atoms with Gasteiger partial charge >= 0.3 is 0 Å². The van der Waals surface area contributed by atoms with Gasteiger partial charge in [-0.1, -0.05) is 0 Å². The molecule has 1 N–H and O–H groups in total. The summed E-state index contributed by atoms with van der Waals surface area (Å²) in [6, 6.07) is 5.92. The second-order valence-electron chi connectivity index (χ2n) is 7.05. The van der Waals surface area contributed by atoms with Crippen molar-refractivity contribution in [2.45, 2.75) is 51.1 Å². The van der Waals surface area contributed by atoms with Gasteiger partial charge in [-0.05, 0) is 57.4 Å². The average molecular weight is 397 g/mol. The van der Waals surface area contributed by atoms with Crippen LogP contribution in [0.4, 0.5) is 0 Å². The fraction of sp³-hybridized carbons (Fsp3) is 0.600. The van der Waals surface area contributed by atoms with E-state index in [9.17, 15) is 9.59 Å². The molecule has 0 radical (unpaired) electrons. The third kappa shape index (κ3) is 5.14. The molecule has 2 saturated heterocycles. The molecule has 2 aliphatic heterocycles. The molecule has 0 aliphatic carbocycles. The molecule has 2 heterocycles. The highest BCUT2D eigenvalue weighted by Crippen LogP contribution is 2.30. The molecule has 0 saturated carbocycles. The van der Waals surface area contributed by atoms with Crippen molar-refractivity contribution in [3.8, 4) is 11.5 Å². The maximum absolute atomic E-state index is 12.6. The Bertz CT molecular complexity index is 653. The Morgan fingerprint density at radius 2 is 1.96 bits per heavy atom. The van der Waals surface area contributed by atoms with Gasteiger partial charge < -0.3 is 19.7 Å². The third-order valence-corrected chi connectivity index (χ3v) is 5.30. The summed E-state index contributed by atoms with van der Waals surface area (Å²) in [4.78, 5) is 26.2. The topological polar surface area (TPSA) is 67.9 Å². The first-order valence-corrected chi connectivity index (χ1v) is 9.44. The number of fused-ring (bicyclic) bond motifs is 2. The molecule has 2 atom stereocenters. The van der Waals surface area contributed by atoms with Crippen LogP contribution in [-0.2, 0) is 4.79 Å². The molecule has 27 heavy (non-hydrogen) atoms. The molecule has 2 unspecified atom stereocenters. The second-order valence-corrected chi connectivity index (χ2v) is 7.05. The molecule has 1 aromatic carbocycles. The van der Waals surface area contributed by atoms with E-state index in [1.54, 1.807) is 25.3 Å². The number of amides is 1. The van der Waals surface area contributed by atoms with Crippen molar-refractivity contribution in [3.63, 3.8) is 0 Å². The van der Waals surface area contributed by atoms with Gasteiger partial charge in [-0.3, -0.25) is 9.59 Å². The number of rotatable bonds is 7. The van der Waals surface area contributed by atoms with Gasteiger partial charge in [-0.15, -0.1) is 12.4 Å². The largest absolute Gasteiger partial charge is 0.493 e. The Morgan fingerprint density at radius 1 is 1.19 bits per heavy atom. The summed E-state index contributed by atoms with van der Waals surface area (Å²) in [6.07, 6.45) is 4.47. The van der Waals surface area contributed by atoms with Crippen molar-refractivity contribution in [1.82, 2.24) is 10.2 Å². The predicted molar refractivity (Wildman–Crippen MR) is 106 cm³/mol. The summed E-state index contributed by atoms with van der Waals surface area (Å²) >= 11 is 0. The zero-order valence-corrected chi connectivity index (χ0v) is 16.8. The van der Waals surface area contributed by atoms with E-state index in [1.807, 2.05) is 0 Å². The molecular formula is C20H29ClN2O4. The maximum Gasteiger partial charge on any atom is 0.223 e. The first-order chi connectivity index (χ1) is 12.6. The van der Waals surface area contributed by atoms with E-state index < -0.39 is 0 Å². The van der Waals surface area contributed by atoms with E-state index in [4.69, 9.17) is 9.47 Å². The standard InChI is InChI=1S/C20H28N2O4.ClH/c1-14(23)15-5-8-18(19(12-15)25-2)26-11-3-4-20(24)22-16-6-7-17(22)13-21-10-9-16;/h5,8,12,16-17,21H,3-4,6-7,9-11,13H2,1-2H3;1H. The Labute approximate surface area is 167 Å². The zero-order chi connectivity index (χ0) is 18.5. The predicted octanol–water partition coefficient (Wildman–Crippen LogP) is 2.83. The fourth-order valence-electron chi connectivity index (χ4n) is 3.93. The van der Waals surface area contributed by atoms with E-state index >= 15 is 0 Å². The summed E-state index contributed by atoms with van der Waals surface area (Å²) in [5, 5.41) is 3.42. The summed E-state index contributed by atoms with van der Waals surface area (Å²) in [7, 11) is 1.55. The monoisotopic (exact) mass is 396 g/mol. The van der Waals surface area contributed by atoms with Crippen molar-refractivity contribution in [1.29, 1.82) is 0 Å². The lowest BCUT2D eigenvalue weighted by atomic mass is 10.1. The van der Waals surface area contributed by atoms with E-state index in [0.717, 1.165) is 32.4 Å². The summed E-state index contributed by atoms with van der Waals surface area (Å²) < 4.78 is 11.1. The number of carbonyl (C=O) groups is 2. The normalized spacial score (nSPS) is 21.2. The molecule has 7 heteroatoms. The van der Waals surface area contributed by atoms with Crippen LogP contribution < -0.4 is 14.8 Å². The average Bonchev–Trinajstić information content (AvgIpc) is 2.91. The number of benzene rings is 1. The van der Waals surface area contributed by atoms with Crippen LogP contribution in [0.25, 0.3) is 0 Å². The molecule has 1 aromatic rings. The Morgan fingerprint density at radius 3 is 2.70 bits per heavy atom. The fourth-order valence-corrected chi connectivity index (χ4v) is 3.93. The van der Waals surface area contributed by atoms with E-state index in [-0.39, 0.29) is 24.1 Å². The number of ether oxygens (including phenoxy) is 2. The first-order valence-electron chi connectivity index (χ1n) is 9.44. The molecular weight excluding hydrogens is 368 g/mol. The maximum atomic E-state index is 12.6. The minimum atomic E-state index is -0.0120. The van der Waals surface area contributed by atoms with Gasteiger partial charge in [0.25, 0.3) is 0 Å². The van der Waals surface area contributed by atoms with Crippen LogP contribution in [0.3, 0.4) is 0 Å². The minimum absolute atomic E-state index is 0.